The zero-order valence-corrected chi connectivity index (χ0v) is 15.5. The summed E-state index contributed by atoms with van der Waals surface area (Å²) in [5, 5.41) is 0. The highest BCUT2D eigenvalue weighted by Gasteiger charge is 2.36. The molecule has 0 spiro atoms. The van der Waals surface area contributed by atoms with Crippen LogP contribution in [0.3, 0.4) is 0 Å². The first kappa shape index (κ1) is 18.1. The van der Waals surface area contributed by atoms with E-state index < -0.39 is 9.84 Å². The molecule has 9 heteroatoms. The predicted octanol–water partition coefficient (Wildman–Crippen LogP) is -0.367. The van der Waals surface area contributed by atoms with Gasteiger partial charge in [0.25, 0.3) is 0 Å². The Kier molecular flexibility index (Phi) is 5.24. The van der Waals surface area contributed by atoms with Gasteiger partial charge >= 0.3 is 0 Å². The number of nitrogens with zero attached hydrogens (tertiary/aromatic N) is 5. The number of rotatable bonds is 4. The summed E-state index contributed by atoms with van der Waals surface area (Å²) in [7, 11) is -1.27. The lowest BCUT2D eigenvalue weighted by Crippen LogP contribution is -2.55. The van der Waals surface area contributed by atoms with E-state index in [-0.39, 0.29) is 29.5 Å². The summed E-state index contributed by atoms with van der Waals surface area (Å²) in [6.45, 7) is 5.01. The number of anilines is 1. The molecule has 25 heavy (non-hydrogen) atoms. The summed E-state index contributed by atoms with van der Waals surface area (Å²) in [5.41, 5.74) is 0. The molecule has 1 aromatic rings. The van der Waals surface area contributed by atoms with Gasteiger partial charge in [0.1, 0.15) is 5.82 Å². The van der Waals surface area contributed by atoms with Gasteiger partial charge in [-0.05, 0) is 13.3 Å². The zero-order chi connectivity index (χ0) is 18.0. The largest absolute Gasteiger partial charge is 0.353 e. The molecule has 8 nitrogen and oxygen atoms in total. The number of aromatic nitrogens is 2. The second-order valence-corrected chi connectivity index (χ2v) is 9.00. The van der Waals surface area contributed by atoms with E-state index >= 15 is 0 Å². The van der Waals surface area contributed by atoms with Crippen molar-refractivity contribution in [1.82, 2.24) is 19.8 Å². The Morgan fingerprint density at radius 3 is 2.56 bits per heavy atom. The molecule has 0 bridgehead atoms. The standard InChI is InChI=1S/C16H25N5O3S/c1-13(16(22)19(2)14-3-10-25(23,24)12-14)20-6-8-21(9-7-20)15-11-17-4-5-18-15/h4-5,11,13-14H,3,6-10,12H2,1-2H3. The summed E-state index contributed by atoms with van der Waals surface area (Å²) >= 11 is 0. The van der Waals surface area contributed by atoms with Gasteiger partial charge in [-0.3, -0.25) is 14.7 Å². The summed E-state index contributed by atoms with van der Waals surface area (Å²) in [5.74, 6) is 1.12. The third kappa shape index (κ3) is 4.09. The normalized spacial score (nSPS) is 24.9. The maximum Gasteiger partial charge on any atom is 0.239 e. The molecule has 2 unspecified atom stereocenters. The molecule has 138 valence electrons. The van der Waals surface area contributed by atoms with Crippen LogP contribution in [0.15, 0.2) is 18.6 Å². The zero-order valence-electron chi connectivity index (χ0n) is 14.7. The third-order valence-electron chi connectivity index (χ3n) is 5.20. The van der Waals surface area contributed by atoms with E-state index in [1.165, 1.54) is 0 Å². The minimum Gasteiger partial charge on any atom is -0.353 e. The number of hydrogen-bond donors (Lipinski definition) is 0. The maximum atomic E-state index is 12.7. The average Bonchev–Trinajstić information content (AvgIpc) is 3.00. The lowest BCUT2D eigenvalue weighted by atomic mass is 10.1. The Bertz CT molecular complexity index is 704. The van der Waals surface area contributed by atoms with E-state index in [0.29, 0.717) is 6.42 Å². The van der Waals surface area contributed by atoms with Gasteiger partial charge < -0.3 is 9.80 Å². The van der Waals surface area contributed by atoms with Gasteiger partial charge in [0, 0.05) is 51.7 Å². The fraction of sp³-hybridized carbons (Fsp3) is 0.688. The Labute approximate surface area is 148 Å². The van der Waals surface area contributed by atoms with Crippen molar-refractivity contribution in [3.8, 4) is 0 Å². The molecule has 3 rings (SSSR count). The molecule has 0 N–H and O–H groups in total. The van der Waals surface area contributed by atoms with Gasteiger partial charge in [0.2, 0.25) is 5.91 Å². The van der Waals surface area contributed by atoms with Crippen molar-refractivity contribution in [2.24, 2.45) is 0 Å². The predicted molar refractivity (Wildman–Crippen MR) is 95.1 cm³/mol. The summed E-state index contributed by atoms with van der Waals surface area (Å²) in [6.07, 6.45) is 5.62. The molecule has 0 saturated carbocycles. The fourth-order valence-corrected chi connectivity index (χ4v) is 5.28. The molecular weight excluding hydrogens is 342 g/mol. The number of piperazine rings is 1. The number of amides is 1. The molecule has 0 aliphatic carbocycles. The van der Waals surface area contributed by atoms with Crippen LogP contribution in [0.5, 0.6) is 0 Å². The molecule has 2 fully saturated rings. The number of sulfone groups is 1. The SMILES string of the molecule is CC(C(=O)N(C)C1CCS(=O)(=O)C1)N1CCN(c2cnccn2)CC1. The Morgan fingerprint density at radius 1 is 1.28 bits per heavy atom. The fourth-order valence-electron chi connectivity index (χ4n) is 3.50. The van der Waals surface area contributed by atoms with E-state index in [4.69, 9.17) is 0 Å². The average molecular weight is 367 g/mol. The van der Waals surface area contributed by atoms with Crippen LogP contribution >= 0.6 is 0 Å². The number of carbonyl (C=O) groups is 1. The van der Waals surface area contributed by atoms with E-state index in [9.17, 15) is 13.2 Å². The molecule has 1 aromatic heterocycles. The number of hydrogen-bond acceptors (Lipinski definition) is 7. The Morgan fingerprint density at radius 2 is 2.00 bits per heavy atom. The summed E-state index contributed by atoms with van der Waals surface area (Å²) < 4.78 is 23.3. The molecule has 1 amide bonds. The molecule has 2 aliphatic heterocycles. The van der Waals surface area contributed by atoms with Gasteiger partial charge in [-0.25, -0.2) is 13.4 Å². The van der Waals surface area contributed by atoms with Gasteiger partial charge in [0.05, 0.1) is 23.7 Å². The van der Waals surface area contributed by atoms with Crippen molar-refractivity contribution in [3.05, 3.63) is 18.6 Å². The van der Waals surface area contributed by atoms with Gasteiger partial charge in [0.15, 0.2) is 9.84 Å². The Hall–Kier alpha value is -1.74. The van der Waals surface area contributed by atoms with Crippen molar-refractivity contribution in [3.63, 3.8) is 0 Å². The van der Waals surface area contributed by atoms with Gasteiger partial charge in [-0.2, -0.15) is 0 Å². The smallest absolute Gasteiger partial charge is 0.239 e. The third-order valence-corrected chi connectivity index (χ3v) is 6.95. The summed E-state index contributed by atoms with van der Waals surface area (Å²) in [6, 6.07) is -0.446. The monoisotopic (exact) mass is 367 g/mol. The molecule has 0 aromatic carbocycles. The topological polar surface area (TPSA) is 86.7 Å². The van der Waals surface area contributed by atoms with Crippen LogP contribution in [0.25, 0.3) is 0 Å². The highest BCUT2D eigenvalue weighted by Crippen LogP contribution is 2.19. The van der Waals surface area contributed by atoms with Crippen LogP contribution < -0.4 is 4.90 Å². The molecule has 0 radical (unpaired) electrons. The minimum absolute atomic E-state index is 0.00458. The van der Waals surface area contributed by atoms with Crippen molar-refractivity contribution >= 4 is 21.6 Å². The first-order valence-corrected chi connectivity index (χ1v) is 10.4. The Balaban J connectivity index is 1.55. The van der Waals surface area contributed by atoms with Crippen molar-refractivity contribution in [1.29, 1.82) is 0 Å². The molecule has 2 atom stereocenters. The van der Waals surface area contributed by atoms with Crippen molar-refractivity contribution < 1.29 is 13.2 Å². The molecule has 3 heterocycles. The highest BCUT2D eigenvalue weighted by molar-refractivity contribution is 7.91. The van der Waals surface area contributed by atoms with E-state index in [1.54, 1.807) is 30.5 Å². The number of carbonyl (C=O) groups excluding carboxylic acids is 1. The van der Waals surface area contributed by atoms with E-state index in [0.717, 1.165) is 32.0 Å². The first-order chi connectivity index (χ1) is 11.9. The van der Waals surface area contributed by atoms with Crippen LogP contribution in [0.1, 0.15) is 13.3 Å². The number of likely N-dealkylation sites (N-methyl/N-ethyl adjacent to an activating group) is 1. The minimum atomic E-state index is -2.99. The maximum absolute atomic E-state index is 12.7. The van der Waals surface area contributed by atoms with E-state index in [2.05, 4.69) is 19.8 Å². The molecular formula is C16H25N5O3S. The van der Waals surface area contributed by atoms with Crippen LogP contribution in [-0.4, -0.2) is 90.9 Å². The molecule has 2 saturated heterocycles. The second-order valence-electron chi connectivity index (χ2n) is 6.77. The van der Waals surface area contributed by atoms with Crippen LogP contribution in [0.4, 0.5) is 5.82 Å². The van der Waals surface area contributed by atoms with Gasteiger partial charge in [-0.15, -0.1) is 0 Å². The van der Waals surface area contributed by atoms with Crippen LogP contribution in [-0.2, 0) is 14.6 Å². The quantitative estimate of drug-likeness (QED) is 0.718. The lowest BCUT2D eigenvalue weighted by molar-refractivity contribution is -0.136. The highest BCUT2D eigenvalue weighted by atomic mass is 32.2. The summed E-state index contributed by atoms with van der Waals surface area (Å²) in [4.78, 5) is 27.1. The van der Waals surface area contributed by atoms with Crippen LogP contribution in [0, 0.1) is 0 Å². The van der Waals surface area contributed by atoms with Crippen molar-refractivity contribution in [2.45, 2.75) is 25.4 Å². The molecule has 2 aliphatic rings. The van der Waals surface area contributed by atoms with E-state index in [1.807, 2.05) is 6.92 Å². The lowest BCUT2D eigenvalue weighted by Gasteiger charge is -2.39. The van der Waals surface area contributed by atoms with Crippen LogP contribution in [0.2, 0.25) is 0 Å². The van der Waals surface area contributed by atoms with Gasteiger partial charge in [-0.1, -0.05) is 0 Å². The second kappa shape index (κ2) is 7.25. The van der Waals surface area contributed by atoms with Crippen molar-refractivity contribution in [2.75, 3.05) is 49.6 Å². The first-order valence-electron chi connectivity index (χ1n) is 8.59.